The number of ketones is 1. The fraction of sp³-hybridized carbons (Fsp3) is 0.150. The van der Waals surface area contributed by atoms with E-state index in [1.165, 1.54) is 10.8 Å². The van der Waals surface area contributed by atoms with Gasteiger partial charge in [-0.3, -0.25) is 4.79 Å². The third-order valence-corrected chi connectivity index (χ3v) is 5.94. The summed E-state index contributed by atoms with van der Waals surface area (Å²) in [7, 11) is 0. The normalized spacial score (nSPS) is 21.3. The summed E-state index contributed by atoms with van der Waals surface area (Å²) < 4.78 is 1.19. The van der Waals surface area contributed by atoms with E-state index in [4.69, 9.17) is 5.26 Å². The highest BCUT2D eigenvalue weighted by Gasteiger charge is 2.52. The van der Waals surface area contributed by atoms with Crippen molar-refractivity contribution in [1.82, 2.24) is 0 Å². The standard InChI is InChI=1S/C20H13N3O2S/c21-11-12-1-3-16-15(9-12)18(24)20(25)6-7-23(19(20)22-16)14-2-4-17-13(10-14)5-8-26-17/h1-5,8-10,25H,6-7H2/t20-/m1/s1. The van der Waals surface area contributed by atoms with Crippen LogP contribution in [0.25, 0.3) is 10.1 Å². The van der Waals surface area contributed by atoms with Gasteiger partial charge in [0.25, 0.3) is 0 Å². The smallest absolute Gasteiger partial charge is 0.204 e. The molecule has 2 aromatic carbocycles. The zero-order valence-electron chi connectivity index (χ0n) is 13.6. The molecule has 5 nitrogen and oxygen atoms in total. The van der Waals surface area contributed by atoms with Gasteiger partial charge in [0.15, 0.2) is 5.60 Å². The summed E-state index contributed by atoms with van der Waals surface area (Å²) in [6.45, 7) is 0.510. The number of amidine groups is 1. The number of fused-ring (bicyclic) bond motifs is 3. The van der Waals surface area contributed by atoms with Crippen LogP contribution in [0.3, 0.4) is 0 Å². The van der Waals surface area contributed by atoms with Crippen molar-refractivity contribution in [2.45, 2.75) is 12.0 Å². The van der Waals surface area contributed by atoms with Crippen molar-refractivity contribution in [3.05, 3.63) is 59.0 Å². The van der Waals surface area contributed by atoms with Crippen LogP contribution in [0, 0.1) is 11.3 Å². The Balaban J connectivity index is 1.66. The molecule has 6 heteroatoms. The molecule has 0 radical (unpaired) electrons. The molecule has 1 atom stereocenters. The first-order chi connectivity index (χ1) is 12.6. The first-order valence-corrected chi connectivity index (χ1v) is 9.13. The topological polar surface area (TPSA) is 76.7 Å². The van der Waals surface area contributed by atoms with Crippen LogP contribution in [0.2, 0.25) is 0 Å². The van der Waals surface area contributed by atoms with Gasteiger partial charge in [0.05, 0.1) is 17.3 Å². The lowest BCUT2D eigenvalue weighted by Gasteiger charge is -2.29. The fourth-order valence-corrected chi connectivity index (χ4v) is 4.45. The first kappa shape index (κ1) is 15.3. The molecule has 3 heterocycles. The summed E-state index contributed by atoms with van der Waals surface area (Å²) in [5, 5.41) is 23.3. The van der Waals surface area contributed by atoms with E-state index in [-0.39, 0.29) is 12.2 Å². The molecule has 1 aromatic heterocycles. The van der Waals surface area contributed by atoms with Crippen LogP contribution >= 0.6 is 11.3 Å². The Morgan fingerprint density at radius 2 is 2.12 bits per heavy atom. The van der Waals surface area contributed by atoms with Crippen LogP contribution in [0.5, 0.6) is 0 Å². The van der Waals surface area contributed by atoms with Crippen LogP contribution in [-0.4, -0.2) is 28.9 Å². The largest absolute Gasteiger partial charge is 0.374 e. The zero-order chi connectivity index (χ0) is 17.9. The second-order valence-electron chi connectivity index (χ2n) is 6.51. The molecule has 1 fully saturated rings. The number of anilines is 1. The van der Waals surface area contributed by atoms with Crippen LogP contribution in [0.15, 0.2) is 52.8 Å². The molecule has 0 unspecified atom stereocenters. The molecule has 1 saturated heterocycles. The molecule has 126 valence electrons. The van der Waals surface area contributed by atoms with Crippen molar-refractivity contribution in [3.8, 4) is 6.07 Å². The molecular formula is C20H13N3O2S. The van der Waals surface area contributed by atoms with Gasteiger partial charge in [-0.1, -0.05) is 0 Å². The molecule has 2 aliphatic rings. The summed E-state index contributed by atoms with van der Waals surface area (Å²) in [5.74, 6) is -0.0111. The number of thiophene rings is 1. The molecule has 0 bridgehead atoms. The number of hydrogen-bond donors (Lipinski definition) is 1. The molecule has 1 N–H and O–H groups in total. The average Bonchev–Trinajstić information content (AvgIpc) is 3.26. The lowest BCUT2D eigenvalue weighted by Crippen LogP contribution is -2.48. The van der Waals surface area contributed by atoms with E-state index in [1.807, 2.05) is 28.5 Å². The van der Waals surface area contributed by atoms with Gasteiger partial charge in [-0.2, -0.15) is 5.26 Å². The van der Waals surface area contributed by atoms with Gasteiger partial charge in [0, 0.05) is 28.9 Å². The number of aliphatic hydroxyl groups is 1. The minimum atomic E-state index is -1.63. The number of benzene rings is 2. The predicted molar refractivity (Wildman–Crippen MR) is 101 cm³/mol. The Hall–Kier alpha value is -3.01. The van der Waals surface area contributed by atoms with Gasteiger partial charge >= 0.3 is 0 Å². The number of hydrogen-bond acceptors (Lipinski definition) is 6. The highest BCUT2D eigenvalue weighted by molar-refractivity contribution is 7.17. The molecule has 0 amide bonds. The summed E-state index contributed by atoms with van der Waals surface area (Å²) in [4.78, 5) is 19.5. The number of carbonyl (C=O) groups excluding carboxylic acids is 1. The summed E-state index contributed by atoms with van der Waals surface area (Å²) in [6.07, 6.45) is 0.280. The Bertz CT molecular complexity index is 1160. The Morgan fingerprint density at radius 3 is 2.96 bits per heavy atom. The minimum absolute atomic E-state index is 0.280. The van der Waals surface area contributed by atoms with Crippen molar-refractivity contribution < 1.29 is 9.90 Å². The van der Waals surface area contributed by atoms with E-state index in [1.54, 1.807) is 23.5 Å². The van der Waals surface area contributed by atoms with E-state index >= 15 is 0 Å². The van der Waals surface area contributed by atoms with Gasteiger partial charge in [-0.25, -0.2) is 4.99 Å². The minimum Gasteiger partial charge on any atom is -0.374 e. The lowest BCUT2D eigenvalue weighted by atomic mass is 9.87. The van der Waals surface area contributed by atoms with Crippen LogP contribution in [0.4, 0.5) is 11.4 Å². The Morgan fingerprint density at radius 1 is 1.23 bits per heavy atom. The number of Topliss-reactive ketones (excluding diaryl/α,β-unsaturated/α-hetero) is 1. The number of nitrogens with zero attached hydrogens (tertiary/aromatic N) is 3. The number of aliphatic imine (C=N–C) groups is 1. The van der Waals surface area contributed by atoms with Crippen molar-refractivity contribution in [2.75, 3.05) is 11.4 Å². The van der Waals surface area contributed by atoms with Gasteiger partial charge in [0.2, 0.25) is 5.78 Å². The van der Waals surface area contributed by atoms with Gasteiger partial charge in [-0.15, -0.1) is 11.3 Å². The number of rotatable bonds is 1. The monoisotopic (exact) mass is 359 g/mol. The summed E-state index contributed by atoms with van der Waals surface area (Å²) in [5.41, 5.74) is 0.472. The van der Waals surface area contributed by atoms with Crippen molar-refractivity contribution in [1.29, 1.82) is 5.26 Å². The van der Waals surface area contributed by atoms with E-state index in [9.17, 15) is 9.90 Å². The molecule has 0 aliphatic carbocycles. The van der Waals surface area contributed by atoms with Gasteiger partial charge < -0.3 is 10.0 Å². The van der Waals surface area contributed by atoms with Crippen molar-refractivity contribution >= 4 is 44.4 Å². The highest BCUT2D eigenvalue weighted by atomic mass is 32.1. The predicted octanol–water partition coefficient (Wildman–Crippen LogP) is 3.64. The van der Waals surface area contributed by atoms with Crippen LogP contribution < -0.4 is 4.90 Å². The summed E-state index contributed by atoms with van der Waals surface area (Å²) in [6, 6.07) is 15.0. The van der Waals surface area contributed by atoms with E-state index in [0.29, 0.717) is 29.2 Å². The Kier molecular flexibility index (Phi) is 3.08. The van der Waals surface area contributed by atoms with Crippen LogP contribution in [0.1, 0.15) is 22.3 Å². The summed E-state index contributed by atoms with van der Waals surface area (Å²) >= 11 is 1.68. The first-order valence-electron chi connectivity index (χ1n) is 8.25. The van der Waals surface area contributed by atoms with Crippen molar-refractivity contribution in [2.24, 2.45) is 4.99 Å². The maximum atomic E-state index is 13.0. The highest BCUT2D eigenvalue weighted by Crippen LogP contribution is 2.40. The molecule has 2 aliphatic heterocycles. The van der Waals surface area contributed by atoms with E-state index in [0.717, 1.165) is 11.1 Å². The molecule has 5 rings (SSSR count). The van der Waals surface area contributed by atoms with Crippen molar-refractivity contribution in [3.63, 3.8) is 0 Å². The molecular weight excluding hydrogens is 346 g/mol. The third-order valence-electron chi connectivity index (χ3n) is 5.04. The lowest BCUT2D eigenvalue weighted by molar-refractivity contribution is 0.0602. The zero-order valence-corrected chi connectivity index (χ0v) is 14.5. The van der Waals surface area contributed by atoms with E-state index in [2.05, 4.69) is 17.1 Å². The molecule has 0 saturated carbocycles. The third kappa shape index (κ3) is 1.99. The van der Waals surface area contributed by atoms with Gasteiger partial charge in [-0.05, 0) is 53.2 Å². The maximum Gasteiger partial charge on any atom is 0.204 e. The van der Waals surface area contributed by atoms with Gasteiger partial charge in [0.1, 0.15) is 5.84 Å². The second kappa shape index (κ2) is 5.24. The number of nitriles is 1. The average molecular weight is 359 g/mol. The molecule has 26 heavy (non-hydrogen) atoms. The van der Waals surface area contributed by atoms with E-state index < -0.39 is 5.60 Å². The quantitative estimate of drug-likeness (QED) is 0.720. The SMILES string of the molecule is N#Cc1ccc2c(c1)C(=O)[C@]1(O)CCN(c3ccc4sccc4c3)C1=N2. The van der Waals surface area contributed by atoms with Crippen LogP contribution in [-0.2, 0) is 0 Å². The Labute approximate surface area is 153 Å². The number of carbonyl (C=O) groups is 1. The molecule has 0 spiro atoms. The second-order valence-corrected chi connectivity index (χ2v) is 7.46. The molecule has 3 aromatic rings. The maximum absolute atomic E-state index is 13.0. The fourth-order valence-electron chi connectivity index (χ4n) is 3.68.